The zero-order chi connectivity index (χ0) is 23.8. The number of hydrogen-bond acceptors (Lipinski definition) is 10. The molecule has 2 aromatic rings. The molecule has 0 spiro atoms. The van der Waals surface area contributed by atoms with Gasteiger partial charge in [0.2, 0.25) is 0 Å². The largest absolute Gasteiger partial charge is 0.377 e. The number of hydrogen-bond donors (Lipinski definition) is 2. The zero-order valence-corrected chi connectivity index (χ0v) is 20.3. The van der Waals surface area contributed by atoms with Crippen molar-refractivity contribution >= 4 is 28.2 Å². The number of thiazole rings is 1. The van der Waals surface area contributed by atoms with Crippen LogP contribution in [-0.4, -0.2) is 77.9 Å². The maximum absolute atomic E-state index is 12.4. The topological polar surface area (TPSA) is 125 Å². The first-order valence-corrected chi connectivity index (χ1v) is 12.6. The summed E-state index contributed by atoms with van der Waals surface area (Å²) < 4.78 is 11.1. The normalized spacial score (nSPS) is 19.1. The van der Waals surface area contributed by atoms with Crippen molar-refractivity contribution in [2.24, 2.45) is 0 Å². The Bertz CT molecular complexity index is 995. The lowest BCUT2D eigenvalue weighted by Gasteiger charge is -2.30. The van der Waals surface area contributed by atoms with Gasteiger partial charge in [-0.2, -0.15) is 5.26 Å². The number of nitrogens with zero attached hydrogens (tertiary/aromatic N) is 5. The minimum absolute atomic E-state index is 0.185. The van der Waals surface area contributed by atoms with E-state index in [1.165, 1.54) is 11.3 Å². The lowest BCUT2D eigenvalue weighted by atomic mass is 9.93. The molecule has 1 amide bonds. The highest BCUT2D eigenvalue weighted by molar-refractivity contribution is 7.14. The number of amides is 1. The van der Waals surface area contributed by atoms with Crippen LogP contribution in [0.15, 0.2) is 11.4 Å². The Labute approximate surface area is 203 Å². The molecule has 1 atom stereocenters. The fourth-order valence-corrected chi connectivity index (χ4v) is 4.91. The van der Waals surface area contributed by atoms with E-state index in [-0.39, 0.29) is 12.0 Å². The van der Waals surface area contributed by atoms with Crippen molar-refractivity contribution in [3.63, 3.8) is 0 Å². The van der Waals surface area contributed by atoms with Crippen molar-refractivity contribution in [1.82, 2.24) is 25.2 Å². The molecule has 0 saturated carbocycles. The van der Waals surface area contributed by atoms with Gasteiger partial charge in [0.05, 0.1) is 31.9 Å². The second-order valence-electron chi connectivity index (χ2n) is 8.56. The highest BCUT2D eigenvalue weighted by Gasteiger charge is 2.22. The molecule has 2 N–H and O–H groups in total. The number of piperidine rings is 1. The van der Waals surface area contributed by atoms with Crippen LogP contribution in [0.5, 0.6) is 0 Å². The first-order chi connectivity index (χ1) is 16.6. The molecule has 182 valence electrons. The van der Waals surface area contributed by atoms with Crippen LogP contribution in [-0.2, 0) is 9.47 Å². The number of nitrogens with one attached hydrogen (secondary N) is 2. The van der Waals surface area contributed by atoms with Gasteiger partial charge in [-0.05, 0) is 45.7 Å². The third-order valence-electron chi connectivity index (χ3n) is 5.99. The molecular weight excluding hydrogens is 454 g/mol. The fraction of sp³-hybridized carbons (Fsp3) is 0.609. The molecule has 10 nitrogen and oxygen atoms in total. The Morgan fingerprint density at radius 3 is 2.94 bits per heavy atom. The number of ether oxygens (including phenoxy) is 2. The monoisotopic (exact) mass is 485 g/mol. The van der Waals surface area contributed by atoms with Gasteiger partial charge < -0.3 is 20.1 Å². The first-order valence-electron chi connectivity index (χ1n) is 11.8. The maximum Gasteiger partial charge on any atom is 0.270 e. The minimum atomic E-state index is -0.228. The Morgan fingerprint density at radius 1 is 1.32 bits per heavy atom. The number of aromatic nitrogens is 3. The van der Waals surface area contributed by atoms with Crippen LogP contribution in [0.1, 0.15) is 53.6 Å². The molecule has 34 heavy (non-hydrogen) atoms. The van der Waals surface area contributed by atoms with E-state index >= 15 is 0 Å². The standard InChI is InChI=1S/C23H31N7O3S/c1-16-26-19(17-4-8-30(9-5-17)10-6-24)13-21(27-16)29-23-28-20(15-34-23)22(31)25-7-12-32-14-18-3-2-11-33-18/h13,15,17-18H,2-5,7-12,14H2,1H3,(H,25,31)(H,26,27,28,29). The molecule has 0 aromatic carbocycles. The minimum Gasteiger partial charge on any atom is -0.377 e. The number of likely N-dealkylation sites (tertiary alicyclic amines) is 1. The van der Waals surface area contributed by atoms with Crippen LogP contribution in [0.25, 0.3) is 0 Å². The van der Waals surface area contributed by atoms with Crippen molar-refractivity contribution < 1.29 is 14.3 Å². The third-order valence-corrected chi connectivity index (χ3v) is 6.75. The highest BCUT2D eigenvalue weighted by atomic mass is 32.1. The highest BCUT2D eigenvalue weighted by Crippen LogP contribution is 2.29. The summed E-state index contributed by atoms with van der Waals surface area (Å²) in [4.78, 5) is 28.1. The summed E-state index contributed by atoms with van der Waals surface area (Å²) >= 11 is 1.36. The molecule has 11 heteroatoms. The Morgan fingerprint density at radius 2 is 2.18 bits per heavy atom. The van der Waals surface area contributed by atoms with Crippen LogP contribution in [0, 0.1) is 18.3 Å². The number of carbonyl (C=O) groups is 1. The quantitative estimate of drug-likeness (QED) is 0.386. The molecule has 0 aliphatic carbocycles. The molecule has 4 rings (SSSR count). The van der Waals surface area contributed by atoms with E-state index in [2.05, 4.69) is 36.6 Å². The lowest BCUT2D eigenvalue weighted by molar-refractivity contribution is 0.0183. The van der Waals surface area contributed by atoms with Crippen LogP contribution in [0.2, 0.25) is 0 Å². The van der Waals surface area contributed by atoms with Crippen molar-refractivity contribution in [1.29, 1.82) is 5.26 Å². The molecule has 4 heterocycles. The SMILES string of the molecule is Cc1nc(Nc2nc(C(=O)NCCOCC3CCCO3)cs2)cc(C2CCN(CC#N)CC2)n1. The summed E-state index contributed by atoms with van der Waals surface area (Å²) in [5, 5.41) is 17.3. The van der Waals surface area contributed by atoms with E-state index in [9.17, 15) is 4.79 Å². The van der Waals surface area contributed by atoms with Crippen LogP contribution in [0.3, 0.4) is 0 Å². The van der Waals surface area contributed by atoms with Crippen LogP contribution >= 0.6 is 11.3 Å². The van der Waals surface area contributed by atoms with Gasteiger partial charge >= 0.3 is 0 Å². The number of rotatable bonds is 10. The number of carbonyl (C=O) groups excluding carboxylic acids is 1. The van der Waals surface area contributed by atoms with E-state index in [1.807, 2.05) is 13.0 Å². The van der Waals surface area contributed by atoms with Gasteiger partial charge in [0, 0.05) is 36.2 Å². The van der Waals surface area contributed by atoms with Gasteiger partial charge in [0.25, 0.3) is 5.91 Å². The predicted molar refractivity (Wildman–Crippen MR) is 128 cm³/mol. The summed E-state index contributed by atoms with van der Waals surface area (Å²) in [5.41, 5.74) is 1.37. The molecule has 0 radical (unpaired) electrons. The summed E-state index contributed by atoms with van der Waals surface area (Å²) in [5.74, 6) is 1.48. The van der Waals surface area contributed by atoms with Gasteiger partial charge in [0.1, 0.15) is 17.3 Å². The molecule has 2 aliphatic heterocycles. The van der Waals surface area contributed by atoms with E-state index in [4.69, 9.17) is 14.7 Å². The average molecular weight is 486 g/mol. The van der Waals surface area contributed by atoms with E-state index in [0.29, 0.717) is 54.7 Å². The summed E-state index contributed by atoms with van der Waals surface area (Å²) in [6.45, 7) is 6.39. The second-order valence-corrected chi connectivity index (χ2v) is 9.42. The molecular formula is C23H31N7O3S. The molecule has 2 fully saturated rings. The predicted octanol–water partition coefficient (Wildman–Crippen LogP) is 2.61. The van der Waals surface area contributed by atoms with E-state index < -0.39 is 0 Å². The van der Waals surface area contributed by atoms with E-state index in [0.717, 1.165) is 51.1 Å². The van der Waals surface area contributed by atoms with Gasteiger partial charge in [0.15, 0.2) is 5.13 Å². The molecule has 1 unspecified atom stereocenters. The third kappa shape index (κ3) is 6.93. The smallest absolute Gasteiger partial charge is 0.270 e. The summed E-state index contributed by atoms with van der Waals surface area (Å²) in [6.07, 6.45) is 4.25. The number of anilines is 2. The van der Waals surface area contributed by atoms with Crippen molar-refractivity contribution in [3.8, 4) is 6.07 Å². The second kappa shape index (κ2) is 12.2. The first kappa shape index (κ1) is 24.5. The molecule has 2 aromatic heterocycles. The summed E-state index contributed by atoms with van der Waals surface area (Å²) in [6, 6.07) is 4.18. The van der Waals surface area contributed by atoms with E-state index in [1.54, 1.807) is 5.38 Å². The lowest BCUT2D eigenvalue weighted by Crippen LogP contribution is -2.33. The van der Waals surface area contributed by atoms with Gasteiger partial charge in [-0.3, -0.25) is 9.69 Å². The number of nitriles is 1. The van der Waals surface area contributed by atoms with Gasteiger partial charge in [-0.25, -0.2) is 15.0 Å². The van der Waals surface area contributed by atoms with Crippen molar-refractivity contribution in [2.75, 3.05) is 51.3 Å². The molecule has 2 saturated heterocycles. The summed E-state index contributed by atoms with van der Waals surface area (Å²) in [7, 11) is 0. The van der Waals surface area contributed by atoms with Crippen LogP contribution in [0.4, 0.5) is 10.9 Å². The molecule has 2 aliphatic rings. The van der Waals surface area contributed by atoms with Crippen LogP contribution < -0.4 is 10.6 Å². The Hall–Kier alpha value is -2.65. The van der Waals surface area contributed by atoms with Crippen molar-refractivity contribution in [3.05, 3.63) is 28.7 Å². The molecule has 0 bridgehead atoms. The zero-order valence-electron chi connectivity index (χ0n) is 19.5. The maximum atomic E-state index is 12.4. The number of aryl methyl sites for hydroxylation is 1. The Balaban J connectivity index is 1.26. The van der Waals surface area contributed by atoms with Gasteiger partial charge in [-0.1, -0.05) is 0 Å². The van der Waals surface area contributed by atoms with Gasteiger partial charge in [-0.15, -0.1) is 11.3 Å². The fourth-order valence-electron chi connectivity index (χ4n) is 4.21. The van der Waals surface area contributed by atoms with Crippen molar-refractivity contribution in [2.45, 2.75) is 44.6 Å². The Kier molecular flexibility index (Phi) is 8.76. The average Bonchev–Trinajstić information content (AvgIpc) is 3.51.